The molecule has 2 aromatic rings. The van der Waals surface area contributed by atoms with Gasteiger partial charge in [-0.3, -0.25) is 0 Å². The van der Waals surface area contributed by atoms with Crippen LogP contribution in [0.15, 0.2) is 34.8 Å². The molecular weight excluding hydrogens is 429 g/mol. The number of halogens is 3. The van der Waals surface area contributed by atoms with Gasteiger partial charge in [-0.1, -0.05) is 23.2 Å². The number of benzene rings is 2. The van der Waals surface area contributed by atoms with Crippen LogP contribution in [-0.2, 0) is 0 Å². The molecule has 0 aromatic heterocycles. The molecule has 0 saturated carbocycles. The summed E-state index contributed by atoms with van der Waals surface area (Å²) in [6.45, 7) is 3.03. The third-order valence-electron chi connectivity index (χ3n) is 3.44. The fourth-order valence-electron chi connectivity index (χ4n) is 2.33. The molecule has 0 aliphatic heterocycles. The Morgan fingerprint density at radius 2 is 1.84 bits per heavy atom. The van der Waals surface area contributed by atoms with Crippen LogP contribution in [0, 0.1) is 6.92 Å². The number of hydrogen-bond donors (Lipinski definition) is 2. The zero-order valence-corrected chi connectivity index (χ0v) is 16.7. The van der Waals surface area contributed by atoms with Crippen molar-refractivity contribution < 1.29 is 14.6 Å². The SMILES string of the molecule is Cc1cc(Br)c(NCCCCOc2cc(Cl)cc(Cl)c2)c(C(=O)O)c1. The topological polar surface area (TPSA) is 58.6 Å². The van der Waals surface area contributed by atoms with Gasteiger partial charge < -0.3 is 15.2 Å². The predicted molar refractivity (Wildman–Crippen MR) is 106 cm³/mol. The highest BCUT2D eigenvalue weighted by atomic mass is 79.9. The third kappa shape index (κ3) is 6.10. The van der Waals surface area contributed by atoms with Gasteiger partial charge in [-0.05, 0) is 71.6 Å². The van der Waals surface area contributed by atoms with Crippen LogP contribution >= 0.6 is 39.1 Å². The van der Waals surface area contributed by atoms with Gasteiger partial charge in [0.25, 0.3) is 0 Å². The van der Waals surface area contributed by atoms with Crippen LogP contribution in [-0.4, -0.2) is 24.2 Å². The first-order valence-corrected chi connectivity index (χ1v) is 9.28. The second kappa shape index (κ2) is 9.32. The van der Waals surface area contributed by atoms with Gasteiger partial charge in [0.15, 0.2) is 0 Å². The van der Waals surface area contributed by atoms with E-state index in [0.29, 0.717) is 34.6 Å². The maximum absolute atomic E-state index is 11.4. The molecule has 4 nitrogen and oxygen atoms in total. The largest absolute Gasteiger partial charge is 0.493 e. The maximum atomic E-state index is 11.4. The number of nitrogens with one attached hydrogen (secondary N) is 1. The number of ether oxygens (including phenoxy) is 1. The molecule has 0 fully saturated rings. The minimum Gasteiger partial charge on any atom is -0.493 e. The molecule has 25 heavy (non-hydrogen) atoms. The van der Waals surface area contributed by atoms with Gasteiger partial charge in [0.1, 0.15) is 5.75 Å². The fraction of sp³-hybridized carbons (Fsp3) is 0.278. The molecule has 2 N–H and O–H groups in total. The van der Waals surface area contributed by atoms with Crippen LogP contribution in [0.2, 0.25) is 10.0 Å². The normalized spacial score (nSPS) is 10.6. The van der Waals surface area contributed by atoms with Crippen molar-refractivity contribution in [2.75, 3.05) is 18.5 Å². The highest BCUT2D eigenvalue weighted by Gasteiger charge is 2.13. The molecule has 0 spiro atoms. The van der Waals surface area contributed by atoms with Gasteiger partial charge in [0.2, 0.25) is 0 Å². The zero-order chi connectivity index (χ0) is 18.4. The van der Waals surface area contributed by atoms with E-state index in [-0.39, 0.29) is 5.56 Å². The van der Waals surface area contributed by atoms with Crippen molar-refractivity contribution >= 4 is 50.8 Å². The molecule has 2 aromatic carbocycles. The van der Waals surface area contributed by atoms with E-state index in [1.54, 1.807) is 24.3 Å². The summed E-state index contributed by atoms with van der Waals surface area (Å²) in [5.74, 6) is -0.312. The monoisotopic (exact) mass is 445 g/mol. The molecule has 0 aliphatic carbocycles. The Kier molecular flexibility index (Phi) is 7.41. The van der Waals surface area contributed by atoms with Gasteiger partial charge in [-0.25, -0.2) is 4.79 Å². The van der Waals surface area contributed by atoms with Crippen molar-refractivity contribution in [1.82, 2.24) is 0 Å². The number of unbranched alkanes of at least 4 members (excludes halogenated alkanes) is 1. The molecule has 7 heteroatoms. The Balaban J connectivity index is 1.81. The summed E-state index contributed by atoms with van der Waals surface area (Å²) in [6.07, 6.45) is 1.64. The second-order valence-corrected chi connectivity index (χ2v) is 7.29. The van der Waals surface area contributed by atoms with E-state index >= 15 is 0 Å². The van der Waals surface area contributed by atoms with Crippen LogP contribution in [0.25, 0.3) is 0 Å². The fourth-order valence-corrected chi connectivity index (χ4v) is 3.55. The van der Waals surface area contributed by atoms with Gasteiger partial charge in [0, 0.05) is 21.1 Å². The van der Waals surface area contributed by atoms with Crippen LogP contribution in [0.4, 0.5) is 5.69 Å². The van der Waals surface area contributed by atoms with Crippen molar-refractivity contribution in [2.24, 2.45) is 0 Å². The number of carboxylic acid groups (broad SMARTS) is 1. The average Bonchev–Trinajstić information content (AvgIpc) is 2.50. The smallest absolute Gasteiger partial charge is 0.337 e. The maximum Gasteiger partial charge on any atom is 0.337 e. The number of rotatable bonds is 8. The summed E-state index contributed by atoms with van der Waals surface area (Å²) in [5, 5.41) is 13.6. The molecule has 0 atom stereocenters. The van der Waals surface area contributed by atoms with Crippen molar-refractivity contribution in [1.29, 1.82) is 0 Å². The summed E-state index contributed by atoms with van der Waals surface area (Å²) >= 11 is 15.3. The lowest BCUT2D eigenvalue weighted by molar-refractivity contribution is 0.0697. The summed E-state index contributed by atoms with van der Waals surface area (Å²) in [4.78, 5) is 11.4. The van der Waals surface area contributed by atoms with E-state index < -0.39 is 5.97 Å². The van der Waals surface area contributed by atoms with Crippen LogP contribution in [0.1, 0.15) is 28.8 Å². The number of hydrogen-bond acceptors (Lipinski definition) is 3. The van der Waals surface area contributed by atoms with Crippen LogP contribution in [0.5, 0.6) is 5.75 Å². The van der Waals surface area contributed by atoms with Crippen molar-refractivity contribution in [3.63, 3.8) is 0 Å². The minimum atomic E-state index is -0.951. The molecule has 2 rings (SSSR count). The Bertz CT molecular complexity index is 748. The van der Waals surface area contributed by atoms with Crippen LogP contribution < -0.4 is 10.1 Å². The first-order valence-electron chi connectivity index (χ1n) is 7.73. The predicted octanol–water partition coefficient (Wildman–Crippen LogP) is 6.03. The molecule has 0 saturated heterocycles. The van der Waals surface area contributed by atoms with E-state index in [1.807, 2.05) is 13.0 Å². The molecule has 0 aliphatic rings. The van der Waals surface area contributed by atoms with Gasteiger partial charge in [-0.15, -0.1) is 0 Å². The van der Waals surface area contributed by atoms with E-state index in [9.17, 15) is 9.90 Å². The molecule has 0 amide bonds. The van der Waals surface area contributed by atoms with Crippen molar-refractivity contribution in [3.8, 4) is 5.75 Å². The Hall–Kier alpha value is -1.43. The number of anilines is 1. The van der Waals surface area contributed by atoms with Gasteiger partial charge in [0.05, 0.1) is 17.9 Å². The Labute approximate surface area is 165 Å². The Morgan fingerprint density at radius 1 is 1.16 bits per heavy atom. The van der Waals surface area contributed by atoms with E-state index in [1.165, 1.54) is 0 Å². The molecular formula is C18H18BrCl2NO3. The lowest BCUT2D eigenvalue weighted by Gasteiger charge is -2.13. The average molecular weight is 447 g/mol. The summed E-state index contributed by atoms with van der Waals surface area (Å²) < 4.78 is 6.37. The second-order valence-electron chi connectivity index (χ2n) is 5.56. The molecule has 0 heterocycles. The quantitative estimate of drug-likeness (QED) is 0.485. The highest BCUT2D eigenvalue weighted by molar-refractivity contribution is 9.10. The first kappa shape index (κ1) is 19.9. The summed E-state index contributed by atoms with van der Waals surface area (Å²) in [5.41, 5.74) is 1.75. The number of aryl methyl sites for hydroxylation is 1. The summed E-state index contributed by atoms with van der Waals surface area (Å²) in [6, 6.07) is 8.63. The van der Waals surface area contributed by atoms with Gasteiger partial charge in [-0.2, -0.15) is 0 Å². The standard InChI is InChI=1S/C18H18BrCl2NO3/c1-11-6-15(18(23)24)17(16(19)7-11)22-4-2-3-5-25-14-9-12(20)8-13(21)10-14/h6-10,22H,2-5H2,1H3,(H,23,24). The molecule has 0 radical (unpaired) electrons. The molecule has 0 unspecified atom stereocenters. The Morgan fingerprint density at radius 3 is 2.48 bits per heavy atom. The van der Waals surface area contributed by atoms with E-state index in [2.05, 4.69) is 21.2 Å². The van der Waals surface area contributed by atoms with E-state index in [0.717, 1.165) is 22.9 Å². The van der Waals surface area contributed by atoms with E-state index in [4.69, 9.17) is 27.9 Å². The lowest BCUT2D eigenvalue weighted by Crippen LogP contribution is -2.10. The molecule has 0 bridgehead atoms. The third-order valence-corrected chi connectivity index (χ3v) is 4.50. The van der Waals surface area contributed by atoms with Gasteiger partial charge >= 0.3 is 5.97 Å². The number of aromatic carboxylic acids is 1. The molecule has 134 valence electrons. The zero-order valence-electron chi connectivity index (χ0n) is 13.6. The minimum absolute atomic E-state index is 0.261. The van der Waals surface area contributed by atoms with Crippen LogP contribution in [0.3, 0.4) is 0 Å². The summed E-state index contributed by atoms with van der Waals surface area (Å²) in [7, 11) is 0. The number of carboxylic acids is 1. The van der Waals surface area contributed by atoms with Crippen molar-refractivity contribution in [3.05, 3.63) is 56.0 Å². The lowest BCUT2D eigenvalue weighted by atomic mass is 10.1. The first-order chi connectivity index (χ1) is 11.9. The number of carbonyl (C=O) groups is 1. The highest BCUT2D eigenvalue weighted by Crippen LogP contribution is 2.28. The van der Waals surface area contributed by atoms with Crippen molar-refractivity contribution in [2.45, 2.75) is 19.8 Å².